The average Bonchev–Trinajstić information content (AvgIpc) is 2.45. The summed E-state index contributed by atoms with van der Waals surface area (Å²) < 4.78 is 14.5. The Labute approximate surface area is 113 Å². The highest BCUT2D eigenvalue weighted by Crippen LogP contribution is 2.20. The molecule has 1 aromatic heterocycles. The third kappa shape index (κ3) is 2.69. The molecule has 0 aliphatic rings. The smallest absolute Gasteiger partial charge is 0.347 e. The summed E-state index contributed by atoms with van der Waals surface area (Å²) in [6.45, 7) is 0. The van der Waals surface area contributed by atoms with Gasteiger partial charge in [0, 0.05) is 5.39 Å². The molecule has 0 amide bonds. The third-order valence-electron chi connectivity index (χ3n) is 2.77. The van der Waals surface area contributed by atoms with Crippen LogP contribution < -0.4 is 10.4 Å². The van der Waals surface area contributed by atoms with Crippen LogP contribution in [0.4, 0.5) is 0 Å². The number of ether oxygens (including phenoxy) is 2. The van der Waals surface area contributed by atoms with Crippen LogP contribution in [0.2, 0.25) is 0 Å². The molecule has 0 atom stereocenters. The second kappa shape index (κ2) is 5.56. The van der Waals surface area contributed by atoms with Crippen molar-refractivity contribution in [3.63, 3.8) is 0 Å². The molecule has 0 saturated heterocycles. The van der Waals surface area contributed by atoms with Gasteiger partial charge < -0.3 is 13.9 Å². The van der Waals surface area contributed by atoms with E-state index in [4.69, 9.17) is 9.15 Å². The van der Waals surface area contributed by atoms with Gasteiger partial charge >= 0.3 is 11.6 Å². The van der Waals surface area contributed by atoms with Crippen LogP contribution in [0, 0.1) is 0 Å². The van der Waals surface area contributed by atoms with Gasteiger partial charge in [-0.3, -0.25) is 9.59 Å². The number of fused-ring (bicyclic) bond motifs is 1. The lowest BCUT2D eigenvalue weighted by Crippen LogP contribution is -2.17. The van der Waals surface area contributed by atoms with E-state index in [1.807, 2.05) is 0 Å². The number of carbonyl (C=O) groups excluding carboxylic acids is 2. The lowest BCUT2D eigenvalue weighted by Gasteiger charge is -2.03. The molecule has 20 heavy (non-hydrogen) atoms. The molecule has 6 nitrogen and oxygen atoms in total. The summed E-state index contributed by atoms with van der Waals surface area (Å²) in [6.07, 6.45) is -0.503. The van der Waals surface area contributed by atoms with Gasteiger partial charge in [0.1, 0.15) is 23.3 Å². The minimum absolute atomic E-state index is 0.184. The number of ketones is 1. The molecule has 0 fully saturated rings. The zero-order valence-corrected chi connectivity index (χ0v) is 11.0. The number of rotatable bonds is 4. The monoisotopic (exact) mass is 276 g/mol. The van der Waals surface area contributed by atoms with Gasteiger partial charge in [0.15, 0.2) is 5.78 Å². The molecule has 0 aliphatic heterocycles. The van der Waals surface area contributed by atoms with Crippen molar-refractivity contribution in [1.82, 2.24) is 0 Å². The van der Waals surface area contributed by atoms with Crippen LogP contribution in [0.25, 0.3) is 11.0 Å². The maximum atomic E-state index is 11.8. The molecule has 104 valence electrons. The molecule has 1 heterocycles. The van der Waals surface area contributed by atoms with Crippen molar-refractivity contribution in [3.8, 4) is 5.75 Å². The molecule has 0 bridgehead atoms. The Balaban J connectivity index is 2.48. The Morgan fingerprint density at radius 3 is 2.60 bits per heavy atom. The molecule has 6 heteroatoms. The third-order valence-corrected chi connectivity index (χ3v) is 2.77. The Morgan fingerprint density at radius 1 is 1.20 bits per heavy atom. The summed E-state index contributed by atoms with van der Waals surface area (Å²) in [7, 11) is 2.67. The highest BCUT2D eigenvalue weighted by Gasteiger charge is 2.17. The molecule has 2 aromatic rings. The fourth-order valence-electron chi connectivity index (χ4n) is 1.72. The molecule has 1 aromatic carbocycles. The highest BCUT2D eigenvalue weighted by atomic mass is 16.5. The van der Waals surface area contributed by atoms with Crippen LogP contribution in [0.5, 0.6) is 5.75 Å². The van der Waals surface area contributed by atoms with E-state index in [1.165, 1.54) is 20.3 Å². The fourth-order valence-corrected chi connectivity index (χ4v) is 1.72. The predicted octanol–water partition coefficient (Wildman–Crippen LogP) is 1.55. The SMILES string of the molecule is COC(=O)CC(=O)c1cc2cc(OC)ccc2oc1=O. The zero-order valence-electron chi connectivity index (χ0n) is 11.0. The largest absolute Gasteiger partial charge is 0.497 e. The first-order valence-electron chi connectivity index (χ1n) is 5.77. The number of methoxy groups -OCH3 is 2. The Bertz CT molecular complexity index is 728. The molecular weight excluding hydrogens is 264 g/mol. The fraction of sp³-hybridized carbons (Fsp3) is 0.214. The van der Waals surface area contributed by atoms with Crippen molar-refractivity contribution in [2.24, 2.45) is 0 Å². The second-order valence-corrected chi connectivity index (χ2v) is 4.03. The summed E-state index contributed by atoms with van der Waals surface area (Å²) in [5, 5.41) is 0.539. The van der Waals surface area contributed by atoms with Crippen LogP contribution >= 0.6 is 0 Å². The zero-order chi connectivity index (χ0) is 14.7. The number of hydrogen-bond acceptors (Lipinski definition) is 6. The highest BCUT2D eigenvalue weighted by molar-refractivity contribution is 6.06. The molecule has 2 rings (SSSR count). The van der Waals surface area contributed by atoms with Crippen LogP contribution in [0.1, 0.15) is 16.8 Å². The minimum atomic E-state index is -0.781. The average molecular weight is 276 g/mol. The lowest BCUT2D eigenvalue weighted by atomic mass is 10.1. The van der Waals surface area contributed by atoms with Crippen molar-refractivity contribution >= 4 is 22.7 Å². The number of esters is 1. The number of hydrogen-bond donors (Lipinski definition) is 0. The molecule has 0 spiro atoms. The number of Topliss-reactive ketones (excluding diaryl/α,β-unsaturated/α-hetero) is 1. The van der Waals surface area contributed by atoms with E-state index in [9.17, 15) is 14.4 Å². The maximum absolute atomic E-state index is 11.8. The quantitative estimate of drug-likeness (QED) is 0.364. The van der Waals surface area contributed by atoms with Gasteiger partial charge in [-0.25, -0.2) is 4.79 Å². The standard InChI is InChI=1S/C14H12O6/c1-18-9-3-4-12-8(5-9)6-10(14(17)20-12)11(15)7-13(16)19-2/h3-6H,7H2,1-2H3. The molecular formula is C14H12O6. The van der Waals surface area contributed by atoms with E-state index in [2.05, 4.69) is 4.74 Å². The molecule has 0 radical (unpaired) electrons. The lowest BCUT2D eigenvalue weighted by molar-refractivity contribution is -0.139. The van der Waals surface area contributed by atoms with Crippen molar-refractivity contribution in [1.29, 1.82) is 0 Å². The van der Waals surface area contributed by atoms with Gasteiger partial charge in [-0.1, -0.05) is 0 Å². The van der Waals surface area contributed by atoms with Crippen molar-refractivity contribution in [2.75, 3.05) is 14.2 Å². The second-order valence-electron chi connectivity index (χ2n) is 4.03. The number of benzene rings is 1. The molecule has 0 unspecified atom stereocenters. The van der Waals surface area contributed by atoms with Gasteiger partial charge in [-0.05, 0) is 24.3 Å². The Hall–Kier alpha value is -2.63. The van der Waals surface area contributed by atoms with E-state index in [1.54, 1.807) is 18.2 Å². The van der Waals surface area contributed by atoms with Crippen LogP contribution in [-0.4, -0.2) is 26.0 Å². The van der Waals surface area contributed by atoms with Gasteiger partial charge in [0.2, 0.25) is 0 Å². The van der Waals surface area contributed by atoms with E-state index < -0.39 is 23.8 Å². The first-order chi connectivity index (χ1) is 9.55. The summed E-state index contributed by atoms with van der Waals surface area (Å²) in [6, 6.07) is 6.23. The van der Waals surface area contributed by atoms with Gasteiger partial charge in [-0.15, -0.1) is 0 Å². The maximum Gasteiger partial charge on any atom is 0.347 e. The summed E-state index contributed by atoms with van der Waals surface area (Å²) >= 11 is 0. The van der Waals surface area contributed by atoms with Gasteiger partial charge in [0.05, 0.1) is 14.2 Å². The first-order valence-corrected chi connectivity index (χ1v) is 5.77. The molecule has 0 saturated carbocycles. The van der Waals surface area contributed by atoms with Crippen molar-refractivity contribution < 1.29 is 23.5 Å². The van der Waals surface area contributed by atoms with Crippen LogP contribution in [0.15, 0.2) is 33.5 Å². The summed E-state index contributed by atoms with van der Waals surface area (Å²) in [5.74, 6) is -0.784. The van der Waals surface area contributed by atoms with E-state index in [0.717, 1.165) is 0 Å². The van der Waals surface area contributed by atoms with E-state index in [-0.39, 0.29) is 5.56 Å². The number of carbonyl (C=O) groups is 2. The molecule has 0 aliphatic carbocycles. The summed E-state index contributed by atoms with van der Waals surface area (Å²) in [4.78, 5) is 34.6. The first kappa shape index (κ1) is 13.8. The Kier molecular flexibility index (Phi) is 3.84. The van der Waals surface area contributed by atoms with Gasteiger partial charge in [0.25, 0.3) is 0 Å². The van der Waals surface area contributed by atoms with E-state index >= 15 is 0 Å². The minimum Gasteiger partial charge on any atom is -0.497 e. The predicted molar refractivity (Wildman–Crippen MR) is 70.0 cm³/mol. The van der Waals surface area contributed by atoms with Crippen molar-refractivity contribution in [3.05, 3.63) is 40.2 Å². The van der Waals surface area contributed by atoms with Crippen LogP contribution in [0.3, 0.4) is 0 Å². The summed E-state index contributed by atoms with van der Waals surface area (Å²) in [5.41, 5.74) is -0.627. The normalized spacial score (nSPS) is 10.3. The van der Waals surface area contributed by atoms with Crippen LogP contribution in [-0.2, 0) is 9.53 Å². The van der Waals surface area contributed by atoms with E-state index in [0.29, 0.717) is 16.7 Å². The topological polar surface area (TPSA) is 82.8 Å². The van der Waals surface area contributed by atoms with Crippen molar-refractivity contribution in [2.45, 2.75) is 6.42 Å². The van der Waals surface area contributed by atoms with Gasteiger partial charge in [-0.2, -0.15) is 0 Å². The molecule has 0 N–H and O–H groups in total. The Morgan fingerprint density at radius 2 is 1.95 bits per heavy atom.